The number of hydrogen-bond acceptors (Lipinski definition) is 9. The second-order valence-electron chi connectivity index (χ2n) is 10.7. The van der Waals surface area contributed by atoms with Gasteiger partial charge in [-0.3, -0.25) is 20.1 Å². The van der Waals surface area contributed by atoms with Crippen LogP contribution < -0.4 is 15.5 Å². The van der Waals surface area contributed by atoms with E-state index < -0.39 is 23.2 Å². The van der Waals surface area contributed by atoms with Crippen molar-refractivity contribution >= 4 is 46.9 Å². The second kappa shape index (κ2) is 11.0. The van der Waals surface area contributed by atoms with Crippen molar-refractivity contribution in [2.75, 3.05) is 28.6 Å². The lowest BCUT2D eigenvalue weighted by Gasteiger charge is -2.28. The summed E-state index contributed by atoms with van der Waals surface area (Å²) in [7, 11) is 0. The van der Waals surface area contributed by atoms with Crippen molar-refractivity contribution in [3.8, 4) is 6.07 Å². The number of benzene rings is 1. The lowest BCUT2D eigenvalue weighted by Crippen LogP contribution is -2.33. The number of nitrogens with one attached hydrogen (secondary N) is 2. The molecule has 2 aliphatic rings. The van der Waals surface area contributed by atoms with E-state index in [1.165, 1.54) is 18.3 Å². The van der Waals surface area contributed by atoms with Gasteiger partial charge in [-0.15, -0.1) is 0 Å². The van der Waals surface area contributed by atoms with Gasteiger partial charge < -0.3 is 15.0 Å². The van der Waals surface area contributed by atoms with Gasteiger partial charge in [-0.2, -0.15) is 10.2 Å². The maximum atomic E-state index is 15.1. The largest absolute Gasteiger partial charge is 0.447 e. The molecule has 0 saturated heterocycles. The van der Waals surface area contributed by atoms with Crippen LogP contribution in [-0.4, -0.2) is 52.0 Å². The first-order valence-corrected chi connectivity index (χ1v) is 13.3. The van der Waals surface area contributed by atoms with E-state index in [4.69, 9.17) is 4.74 Å². The Bertz CT molecular complexity index is 1710. The topological polar surface area (TPSA) is 145 Å². The van der Waals surface area contributed by atoms with E-state index in [2.05, 4.69) is 36.6 Å². The Balaban J connectivity index is 1.47. The number of aliphatic imine (C=N–C) groups is 1. The van der Waals surface area contributed by atoms with Crippen LogP contribution in [0, 0.1) is 24.1 Å². The molecule has 0 radical (unpaired) electrons. The van der Waals surface area contributed by atoms with Crippen LogP contribution in [0.4, 0.5) is 26.6 Å². The van der Waals surface area contributed by atoms with Crippen LogP contribution >= 0.6 is 0 Å². The van der Waals surface area contributed by atoms with E-state index in [0.717, 1.165) is 0 Å². The fourth-order valence-corrected chi connectivity index (χ4v) is 4.65. The molecule has 0 saturated carbocycles. The number of ether oxygens (including phenoxy) is 1. The summed E-state index contributed by atoms with van der Waals surface area (Å²) >= 11 is 0. The Hall–Kier alpha value is -5.18. The zero-order valence-electron chi connectivity index (χ0n) is 23.8. The van der Waals surface area contributed by atoms with Crippen LogP contribution in [0.25, 0.3) is 11.6 Å². The minimum Gasteiger partial charge on any atom is -0.447 e. The summed E-state index contributed by atoms with van der Waals surface area (Å²) in [6, 6.07) is 8.33. The number of amides is 2. The Morgan fingerprint density at radius 1 is 1.19 bits per heavy atom. The first-order chi connectivity index (χ1) is 20.0. The number of nitrogens with zero attached hydrogens (tertiary/aromatic N) is 6. The van der Waals surface area contributed by atoms with E-state index in [-0.39, 0.29) is 23.4 Å². The zero-order valence-corrected chi connectivity index (χ0v) is 23.8. The van der Waals surface area contributed by atoms with Crippen molar-refractivity contribution < 1.29 is 18.7 Å². The number of aromatic nitrogens is 3. The van der Waals surface area contributed by atoms with Gasteiger partial charge in [0.15, 0.2) is 0 Å². The molecule has 2 aromatic heterocycles. The van der Waals surface area contributed by atoms with Gasteiger partial charge in [-0.1, -0.05) is 0 Å². The average Bonchev–Trinajstić information content (AvgIpc) is 3.44. The minimum absolute atomic E-state index is 0.0244. The molecule has 3 aromatic rings. The van der Waals surface area contributed by atoms with Crippen molar-refractivity contribution in [1.82, 2.24) is 15.0 Å². The third-order valence-corrected chi connectivity index (χ3v) is 6.84. The number of amidine groups is 1. The first-order valence-electron chi connectivity index (χ1n) is 13.3. The molecule has 2 amide bonds. The molecule has 4 heterocycles. The Kier molecular flexibility index (Phi) is 7.43. The molecular weight excluding hydrogens is 539 g/mol. The number of hydrogen-bond donors (Lipinski definition) is 2. The molecule has 11 nitrogen and oxygen atoms in total. The molecule has 5 rings (SSSR count). The van der Waals surface area contributed by atoms with Crippen molar-refractivity contribution in [2.24, 2.45) is 4.99 Å². The van der Waals surface area contributed by atoms with E-state index in [1.54, 1.807) is 52.9 Å². The molecule has 214 valence electrons. The number of pyridine rings is 1. The van der Waals surface area contributed by atoms with E-state index >= 15 is 4.39 Å². The maximum Gasteiger partial charge on any atom is 0.414 e. The van der Waals surface area contributed by atoms with Gasteiger partial charge in [0.25, 0.3) is 5.91 Å². The summed E-state index contributed by atoms with van der Waals surface area (Å²) in [4.78, 5) is 44.6. The summed E-state index contributed by atoms with van der Waals surface area (Å²) in [6.07, 6.45) is 3.95. The maximum absolute atomic E-state index is 15.1. The van der Waals surface area contributed by atoms with Gasteiger partial charge >= 0.3 is 6.09 Å². The van der Waals surface area contributed by atoms with Crippen molar-refractivity contribution in [3.05, 3.63) is 70.4 Å². The van der Waals surface area contributed by atoms with E-state index in [0.29, 0.717) is 52.6 Å². The monoisotopic (exact) mass is 568 g/mol. The number of fused-ring (bicyclic) bond motifs is 3. The molecule has 0 unspecified atom stereocenters. The van der Waals surface area contributed by atoms with Crippen molar-refractivity contribution in [1.29, 1.82) is 5.26 Å². The summed E-state index contributed by atoms with van der Waals surface area (Å²) in [5.74, 6) is 0.0988. The molecule has 0 atom stereocenters. The van der Waals surface area contributed by atoms with Crippen LogP contribution in [0.2, 0.25) is 0 Å². The number of carbonyl (C=O) groups is 2. The van der Waals surface area contributed by atoms with Gasteiger partial charge in [-0.25, -0.2) is 14.2 Å². The van der Waals surface area contributed by atoms with Gasteiger partial charge in [0.05, 0.1) is 29.8 Å². The van der Waals surface area contributed by atoms with Crippen molar-refractivity contribution in [2.45, 2.75) is 46.1 Å². The summed E-state index contributed by atoms with van der Waals surface area (Å²) < 4.78 is 20.2. The highest BCUT2D eigenvalue weighted by atomic mass is 19.1. The van der Waals surface area contributed by atoms with Crippen LogP contribution in [-0.2, 0) is 10.2 Å². The van der Waals surface area contributed by atoms with Crippen LogP contribution in [0.15, 0.2) is 41.7 Å². The van der Waals surface area contributed by atoms with Crippen molar-refractivity contribution in [3.63, 3.8) is 0 Å². The highest BCUT2D eigenvalue weighted by Crippen LogP contribution is 2.37. The molecule has 2 aliphatic heterocycles. The molecular formula is C30H29FN8O3. The van der Waals surface area contributed by atoms with Crippen LogP contribution in [0.5, 0.6) is 0 Å². The molecule has 0 spiro atoms. The smallest absolute Gasteiger partial charge is 0.414 e. The normalized spacial score (nSPS) is 13.9. The van der Waals surface area contributed by atoms with Gasteiger partial charge in [0.2, 0.25) is 5.95 Å². The predicted molar refractivity (Wildman–Crippen MR) is 157 cm³/mol. The molecule has 1 aromatic carbocycles. The third kappa shape index (κ3) is 5.54. The van der Waals surface area contributed by atoms with E-state index in [1.807, 2.05) is 11.0 Å². The summed E-state index contributed by atoms with van der Waals surface area (Å²) in [5.41, 5.74) is 2.54. The number of nitriles is 1. The van der Waals surface area contributed by atoms with Gasteiger partial charge in [-0.05, 0) is 81.7 Å². The van der Waals surface area contributed by atoms with Crippen LogP contribution in [0.1, 0.15) is 60.4 Å². The SMILES string of the molecule is Cc1cc(F)c(NC(=O)c2cc(C(C)(C)C#N)ccn2)cc1C1=Cc2cnc(NC(=O)OC(C)C)nc2N2CCN=C12. The zero-order chi connectivity index (χ0) is 30.2. The Morgan fingerprint density at radius 2 is 1.98 bits per heavy atom. The number of carbonyl (C=O) groups excluding carboxylic acids is 2. The van der Waals surface area contributed by atoms with Gasteiger partial charge in [0, 0.05) is 30.1 Å². The highest BCUT2D eigenvalue weighted by molar-refractivity contribution is 6.36. The molecule has 12 heteroatoms. The molecule has 42 heavy (non-hydrogen) atoms. The molecule has 0 fully saturated rings. The number of halogens is 1. The van der Waals surface area contributed by atoms with Crippen LogP contribution in [0.3, 0.4) is 0 Å². The first kappa shape index (κ1) is 28.4. The van der Waals surface area contributed by atoms with E-state index in [9.17, 15) is 14.9 Å². The fraction of sp³-hybridized carbons (Fsp3) is 0.300. The summed E-state index contributed by atoms with van der Waals surface area (Å²) in [5, 5.41) is 14.6. The lowest BCUT2D eigenvalue weighted by atomic mass is 9.86. The second-order valence-corrected chi connectivity index (χ2v) is 10.7. The highest BCUT2D eigenvalue weighted by Gasteiger charge is 2.32. The molecule has 2 N–H and O–H groups in total. The Labute approximate surface area is 242 Å². The number of aryl methyl sites for hydroxylation is 1. The summed E-state index contributed by atoms with van der Waals surface area (Å²) in [6.45, 7) is 9.81. The number of anilines is 3. The third-order valence-electron chi connectivity index (χ3n) is 6.84. The molecule has 0 bridgehead atoms. The minimum atomic E-state index is -0.824. The standard InChI is InChI=1S/C30H29FN8O3/c1-16(2)42-29(41)38-28-35-14-18-11-21(26-34-8-9-39(26)25(18)37-28)20-13-23(22(31)10-17(20)3)36-27(40)24-12-19(6-7-33-24)30(4,5)15-32/h6-7,10-14,16H,8-9H2,1-5H3,(H,36,40)(H,35,37,38,41). The molecule has 0 aliphatic carbocycles. The quantitative estimate of drug-likeness (QED) is 0.418. The average molecular weight is 569 g/mol. The fourth-order valence-electron chi connectivity index (χ4n) is 4.65. The lowest BCUT2D eigenvalue weighted by molar-refractivity contribution is 0.102. The predicted octanol–water partition coefficient (Wildman–Crippen LogP) is 5.10. The number of rotatable bonds is 6. The van der Waals surface area contributed by atoms with Gasteiger partial charge in [0.1, 0.15) is 23.2 Å². The Morgan fingerprint density at radius 3 is 2.71 bits per heavy atom.